The lowest BCUT2D eigenvalue weighted by Gasteiger charge is -2.37. The van der Waals surface area contributed by atoms with Gasteiger partial charge in [-0.1, -0.05) is 18.2 Å². The number of nitrogens with one attached hydrogen (secondary N) is 2. The number of morpholine rings is 1. The number of anilines is 2. The van der Waals surface area contributed by atoms with E-state index in [1.807, 2.05) is 24.3 Å². The molecule has 2 fully saturated rings. The molecule has 0 radical (unpaired) electrons. The maximum Gasteiger partial charge on any atom is 0.305 e. The second-order valence-corrected chi connectivity index (χ2v) is 12.0. The number of aromatic nitrogens is 1. The van der Waals surface area contributed by atoms with Gasteiger partial charge >= 0.3 is 5.97 Å². The molecule has 0 bridgehead atoms. The number of amides is 1. The largest absolute Gasteiger partial charge is 0.481 e. The Balaban J connectivity index is 1.17. The molecule has 4 heterocycles. The predicted octanol–water partition coefficient (Wildman–Crippen LogP) is 4.03. The quantitative estimate of drug-likeness (QED) is 0.398. The Morgan fingerprint density at radius 1 is 1.15 bits per heavy atom. The maximum absolute atomic E-state index is 13.4. The molecule has 9 heteroatoms. The number of aryl methyl sites for hydroxylation is 2. The van der Waals surface area contributed by atoms with Gasteiger partial charge in [-0.2, -0.15) is 0 Å². The van der Waals surface area contributed by atoms with Gasteiger partial charge in [0.15, 0.2) is 0 Å². The van der Waals surface area contributed by atoms with E-state index < -0.39 is 12.0 Å². The first-order valence-electron chi connectivity index (χ1n) is 15.3. The minimum absolute atomic E-state index is 0.0533. The van der Waals surface area contributed by atoms with Crippen molar-refractivity contribution in [3.8, 4) is 0 Å². The standard InChI is InChI=1S/C32H45N5O4/c1-22-19-37(20-23(2)41-22)28-11-3-7-25(17-28)29(18-30(38)39)35-32(40)26-9-5-15-36(21-26)16-6-10-27-13-12-24-8-4-14-33-31(24)34-27/h3,7,11-13,17,22-23,26,29H,4-6,8-10,14-16,18-21H2,1-2H3,(H,33,34)(H,35,40)(H,38,39)/t22?,23?,26-,29+/m1/s1. The minimum atomic E-state index is -0.925. The number of likely N-dealkylation sites (tertiary alicyclic amines) is 1. The smallest absolute Gasteiger partial charge is 0.305 e. The van der Waals surface area contributed by atoms with Crippen LogP contribution < -0.4 is 15.5 Å². The van der Waals surface area contributed by atoms with E-state index in [9.17, 15) is 14.7 Å². The van der Waals surface area contributed by atoms with E-state index in [0.717, 1.165) is 94.0 Å². The summed E-state index contributed by atoms with van der Waals surface area (Å²) in [6.45, 7) is 9.29. The predicted molar refractivity (Wildman–Crippen MR) is 160 cm³/mol. The molecule has 0 aliphatic carbocycles. The number of hydrogen-bond acceptors (Lipinski definition) is 7. The highest BCUT2D eigenvalue weighted by Gasteiger charge is 2.29. The van der Waals surface area contributed by atoms with Crippen LogP contribution in [0.4, 0.5) is 11.5 Å². The van der Waals surface area contributed by atoms with Crippen LogP contribution in [0.2, 0.25) is 0 Å². The van der Waals surface area contributed by atoms with Gasteiger partial charge in [0, 0.05) is 37.6 Å². The highest BCUT2D eigenvalue weighted by Crippen LogP contribution is 2.27. The van der Waals surface area contributed by atoms with Gasteiger partial charge < -0.3 is 30.3 Å². The molecule has 1 amide bonds. The Kier molecular flexibility index (Phi) is 9.77. The molecular formula is C32H45N5O4. The number of fused-ring (bicyclic) bond motifs is 1. The van der Waals surface area contributed by atoms with Crippen molar-refractivity contribution in [3.05, 3.63) is 53.2 Å². The molecule has 41 heavy (non-hydrogen) atoms. The summed E-state index contributed by atoms with van der Waals surface area (Å²) in [5.74, 6) is -0.0813. The lowest BCUT2D eigenvalue weighted by molar-refractivity contribution is -0.138. The third kappa shape index (κ3) is 7.98. The summed E-state index contributed by atoms with van der Waals surface area (Å²) < 4.78 is 5.88. The average Bonchev–Trinajstić information content (AvgIpc) is 2.96. The Labute approximate surface area is 243 Å². The van der Waals surface area contributed by atoms with Crippen LogP contribution in [0.15, 0.2) is 36.4 Å². The van der Waals surface area contributed by atoms with Gasteiger partial charge in [-0.15, -0.1) is 0 Å². The van der Waals surface area contributed by atoms with E-state index >= 15 is 0 Å². The van der Waals surface area contributed by atoms with Crippen molar-refractivity contribution >= 4 is 23.4 Å². The number of benzene rings is 1. The van der Waals surface area contributed by atoms with Crippen LogP contribution in [0, 0.1) is 5.92 Å². The molecule has 2 saturated heterocycles. The average molecular weight is 564 g/mol. The van der Waals surface area contributed by atoms with Crippen molar-refractivity contribution in [1.82, 2.24) is 15.2 Å². The molecule has 2 aromatic rings. The number of hydrogen-bond donors (Lipinski definition) is 3. The zero-order valence-corrected chi connectivity index (χ0v) is 24.5. The number of nitrogens with zero attached hydrogens (tertiary/aromatic N) is 3. The molecule has 1 aromatic carbocycles. The third-order valence-corrected chi connectivity index (χ3v) is 8.49. The molecule has 3 aliphatic rings. The van der Waals surface area contributed by atoms with E-state index in [1.165, 1.54) is 5.56 Å². The minimum Gasteiger partial charge on any atom is -0.481 e. The van der Waals surface area contributed by atoms with E-state index in [0.29, 0.717) is 6.54 Å². The molecule has 3 aliphatic heterocycles. The summed E-state index contributed by atoms with van der Waals surface area (Å²) >= 11 is 0. The van der Waals surface area contributed by atoms with E-state index in [-0.39, 0.29) is 30.5 Å². The Morgan fingerprint density at radius 2 is 1.98 bits per heavy atom. The first-order valence-corrected chi connectivity index (χ1v) is 15.3. The highest BCUT2D eigenvalue weighted by atomic mass is 16.5. The van der Waals surface area contributed by atoms with Crippen LogP contribution in [0.25, 0.3) is 0 Å². The summed E-state index contributed by atoms with van der Waals surface area (Å²) in [4.78, 5) is 34.7. The first kappa shape index (κ1) is 29.3. The second kappa shape index (κ2) is 13.7. The van der Waals surface area contributed by atoms with Gasteiger partial charge in [-0.05, 0) is 94.8 Å². The van der Waals surface area contributed by atoms with E-state index in [1.54, 1.807) is 0 Å². The van der Waals surface area contributed by atoms with Crippen molar-refractivity contribution in [2.45, 2.75) is 77.0 Å². The number of carbonyl (C=O) groups excluding carboxylic acids is 1. The zero-order valence-electron chi connectivity index (χ0n) is 24.5. The van der Waals surface area contributed by atoms with Crippen molar-refractivity contribution < 1.29 is 19.4 Å². The number of piperidine rings is 1. The number of rotatable bonds is 10. The number of carbonyl (C=O) groups is 2. The number of pyridine rings is 1. The molecule has 5 rings (SSSR count). The van der Waals surface area contributed by atoms with Gasteiger partial charge in [0.05, 0.1) is 30.6 Å². The lowest BCUT2D eigenvalue weighted by Crippen LogP contribution is -2.45. The summed E-state index contributed by atoms with van der Waals surface area (Å²) in [6, 6.07) is 11.7. The van der Waals surface area contributed by atoms with Crippen LogP contribution in [-0.2, 0) is 27.2 Å². The highest BCUT2D eigenvalue weighted by molar-refractivity contribution is 5.80. The molecule has 9 nitrogen and oxygen atoms in total. The molecule has 2 unspecified atom stereocenters. The monoisotopic (exact) mass is 563 g/mol. The molecule has 1 aromatic heterocycles. The van der Waals surface area contributed by atoms with Crippen molar-refractivity contribution in [2.75, 3.05) is 49.5 Å². The van der Waals surface area contributed by atoms with Crippen molar-refractivity contribution in [3.63, 3.8) is 0 Å². The molecule has 0 spiro atoms. The fourth-order valence-electron chi connectivity index (χ4n) is 6.51. The summed E-state index contributed by atoms with van der Waals surface area (Å²) in [6.07, 6.45) is 6.05. The number of carboxylic acid groups (broad SMARTS) is 1. The summed E-state index contributed by atoms with van der Waals surface area (Å²) in [7, 11) is 0. The van der Waals surface area contributed by atoms with Crippen LogP contribution in [-0.4, -0.2) is 78.3 Å². The molecule has 3 N–H and O–H groups in total. The van der Waals surface area contributed by atoms with Crippen molar-refractivity contribution in [1.29, 1.82) is 0 Å². The summed E-state index contributed by atoms with van der Waals surface area (Å²) in [5, 5.41) is 16.2. The van der Waals surface area contributed by atoms with E-state index in [4.69, 9.17) is 9.72 Å². The van der Waals surface area contributed by atoms with Crippen LogP contribution in [0.5, 0.6) is 0 Å². The SMILES string of the molecule is CC1CN(c2cccc([C@H](CC(=O)O)NC(=O)[C@@H]3CCCN(CCCc4ccc5c(n4)NCCC5)C3)c2)CC(C)O1. The van der Waals surface area contributed by atoms with E-state index in [2.05, 4.69) is 46.4 Å². The number of ether oxygens (including phenoxy) is 1. The van der Waals surface area contributed by atoms with Gasteiger partial charge in [-0.25, -0.2) is 4.98 Å². The third-order valence-electron chi connectivity index (χ3n) is 8.49. The Morgan fingerprint density at radius 3 is 2.78 bits per heavy atom. The Hall–Kier alpha value is -3.17. The van der Waals surface area contributed by atoms with Gasteiger partial charge in [0.1, 0.15) is 5.82 Å². The molecule has 222 valence electrons. The first-order chi connectivity index (χ1) is 19.8. The molecule has 0 saturated carbocycles. The van der Waals surface area contributed by atoms with Crippen LogP contribution in [0.3, 0.4) is 0 Å². The number of carboxylic acids is 1. The van der Waals surface area contributed by atoms with Gasteiger partial charge in [0.2, 0.25) is 5.91 Å². The Bertz CT molecular complexity index is 1200. The summed E-state index contributed by atoms with van der Waals surface area (Å²) in [5.41, 5.74) is 4.28. The number of aliphatic carboxylic acids is 1. The topological polar surface area (TPSA) is 107 Å². The van der Waals surface area contributed by atoms with Crippen molar-refractivity contribution in [2.24, 2.45) is 5.92 Å². The van der Waals surface area contributed by atoms with Gasteiger partial charge in [0.25, 0.3) is 0 Å². The van der Waals surface area contributed by atoms with Crippen LogP contribution >= 0.6 is 0 Å². The second-order valence-electron chi connectivity index (χ2n) is 12.0. The molecular weight excluding hydrogens is 518 g/mol. The van der Waals surface area contributed by atoms with Crippen LogP contribution in [0.1, 0.15) is 68.8 Å². The molecule has 4 atom stereocenters. The van der Waals surface area contributed by atoms with Gasteiger partial charge in [-0.3, -0.25) is 9.59 Å². The fourth-order valence-corrected chi connectivity index (χ4v) is 6.51. The zero-order chi connectivity index (χ0) is 28.8. The maximum atomic E-state index is 13.4. The normalized spacial score (nSPS) is 23.8. The fraction of sp³-hybridized carbons (Fsp3) is 0.594. The lowest BCUT2D eigenvalue weighted by atomic mass is 9.95.